The first-order valence-electron chi connectivity index (χ1n) is 15.4. The largest absolute Gasteiger partial charge is 0.479 e. The van der Waals surface area contributed by atoms with Crippen LogP contribution in [0.25, 0.3) is 0 Å². The van der Waals surface area contributed by atoms with Crippen LogP contribution >= 0.6 is 0 Å². The summed E-state index contributed by atoms with van der Waals surface area (Å²) in [5, 5.41) is 64.4. The van der Waals surface area contributed by atoms with Crippen LogP contribution in [0.2, 0.25) is 0 Å². The number of hydrogen-bond donors (Lipinski definition) is 10. The number of ether oxygens (including phenoxy) is 5. The predicted molar refractivity (Wildman–Crippen MR) is 159 cm³/mol. The zero-order valence-electron chi connectivity index (χ0n) is 27.8. The number of carboxylic acid groups (broad SMARTS) is 2. The number of carbonyl (C=O) groups is 7. The molecule has 50 heavy (non-hydrogen) atoms. The van der Waals surface area contributed by atoms with Crippen molar-refractivity contribution in [3.8, 4) is 0 Å². The van der Waals surface area contributed by atoms with E-state index in [1.165, 1.54) is 6.92 Å². The van der Waals surface area contributed by atoms with Gasteiger partial charge in [0.15, 0.2) is 31.1 Å². The van der Waals surface area contributed by atoms with E-state index in [0.29, 0.717) is 0 Å². The highest BCUT2D eigenvalue weighted by Crippen LogP contribution is 2.33. The zero-order valence-corrected chi connectivity index (χ0v) is 27.8. The van der Waals surface area contributed by atoms with Crippen LogP contribution < -0.4 is 26.6 Å². The number of carbonyl (C=O) groups excluding carboxylic acids is 5. The molecule has 0 aromatic carbocycles. The van der Waals surface area contributed by atoms with Gasteiger partial charge < -0.3 is 75.8 Å². The third kappa shape index (κ3) is 9.60. The van der Waals surface area contributed by atoms with Gasteiger partial charge >= 0.3 is 11.9 Å². The van der Waals surface area contributed by atoms with Gasteiger partial charge in [0, 0.05) is 34.6 Å². The quantitative estimate of drug-likeness (QED) is 0.0950. The van der Waals surface area contributed by atoms with E-state index in [9.17, 15) is 59.1 Å². The topological polar surface area (TPSA) is 327 Å². The molecule has 0 aromatic rings. The lowest BCUT2D eigenvalue weighted by Crippen LogP contribution is -2.74. The van der Waals surface area contributed by atoms with E-state index in [0.717, 1.165) is 34.6 Å². The lowest BCUT2D eigenvalue weighted by Gasteiger charge is -2.50. The summed E-state index contributed by atoms with van der Waals surface area (Å²) >= 11 is 0. The molecule has 3 heterocycles. The maximum atomic E-state index is 12.7. The minimum atomic E-state index is -2.16. The van der Waals surface area contributed by atoms with Gasteiger partial charge in [-0.1, -0.05) is 0 Å². The van der Waals surface area contributed by atoms with Crippen LogP contribution in [0, 0.1) is 0 Å². The third-order valence-electron chi connectivity index (χ3n) is 8.00. The number of hydrogen-bond acceptors (Lipinski definition) is 15. The van der Waals surface area contributed by atoms with Crippen LogP contribution in [0.4, 0.5) is 0 Å². The maximum Gasteiger partial charge on any atom is 0.335 e. The lowest BCUT2D eigenvalue weighted by atomic mass is 9.91. The number of aliphatic carboxylic acids is 2. The Morgan fingerprint density at radius 2 is 0.880 bits per heavy atom. The summed E-state index contributed by atoms with van der Waals surface area (Å²) in [6.07, 6.45) is -17.9. The van der Waals surface area contributed by atoms with E-state index in [2.05, 4.69) is 26.6 Å². The Bertz CT molecular complexity index is 1320. The molecule has 3 fully saturated rings. The second-order valence-electron chi connectivity index (χ2n) is 12.1. The summed E-state index contributed by atoms with van der Waals surface area (Å²) in [6.45, 7) is 6.67. The molecule has 282 valence electrons. The molecular weight excluding hydrogens is 678 g/mol. The van der Waals surface area contributed by atoms with Crippen LogP contribution in [-0.2, 0) is 57.2 Å². The molecule has 10 N–H and O–H groups in total. The van der Waals surface area contributed by atoms with Crippen molar-refractivity contribution < 1.29 is 82.8 Å². The number of aliphatic hydroxyl groups is 3. The fourth-order valence-corrected chi connectivity index (χ4v) is 6.03. The molecule has 15 atom stereocenters. The van der Waals surface area contributed by atoms with Crippen molar-refractivity contribution >= 4 is 41.5 Å². The minimum Gasteiger partial charge on any atom is -0.479 e. The van der Waals surface area contributed by atoms with E-state index in [1.807, 2.05) is 0 Å². The monoisotopic (exact) mass is 721 g/mol. The number of carboxylic acids is 2. The molecule has 0 spiro atoms. The molecule has 0 bridgehead atoms. The summed E-state index contributed by atoms with van der Waals surface area (Å²) in [4.78, 5) is 86.0. The van der Waals surface area contributed by atoms with Crippen LogP contribution in [-0.4, -0.2) is 159 Å². The molecule has 0 radical (unpaired) electrons. The van der Waals surface area contributed by atoms with Crippen LogP contribution in [0.5, 0.6) is 0 Å². The van der Waals surface area contributed by atoms with E-state index in [4.69, 9.17) is 23.7 Å². The Morgan fingerprint density at radius 3 is 1.34 bits per heavy atom. The van der Waals surface area contributed by atoms with Crippen molar-refractivity contribution in [2.75, 3.05) is 0 Å². The second-order valence-corrected chi connectivity index (χ2v) is 12.1. The highest BCUT2D eigenvalue weighted by atomic mass is 16.7. The van der Waals surface area contributed by atoms with Crippen molar-refractivity contribution in [2.24, 2.45) is 0 Å². The summed E-state index contributed by atoms with van der Waals surface area (Å²) in [5.74, 6) is -7.23. The van der Waals surface area contributed by atoms with E-state index in [1.54, 1.807) is 0 Å². The molecule has 1 unspecified atom stereocenters. The smallest absolute Gasteiger partial charge is 0.335 e. The molecule has 0 aromatic heterocycles. The number of rotatable bonds is 11. The average molecular weight is 722 g/mol. The van der Waals surface area contributed by atoms with Crippen molar-refractivity contribution in [3.63, 3.8) is 0 Å². The lowest BCUT2D eigenvalue weighted by molar-refractivity contribution is -0.326. The summed E-state index contributed by atoms with van der Waals surface area (Å²) in [7, 11) is 0. The normalized spacial score (nSPS) is 38.5. The Balaban J connectivity index is 2.13. The predicted octanol–water partition coefficient (Wildman–Crippen LogP) is -5.64. The Labute approximate surface area is 284 Å². The van der Waals surface area contributed by atoms with Gasteiger partial charge in [-0.2, -0.15) is 0 Å². The minimum absolute atomic E-state index is 0.674. The SMILES string of the molecule is CC(=O)N[C@@H]1[C@H](O[C@H]2[C@@H](O)[C@@H](C)OC(O)[C@@H]2NC(C)=O)O[C@@H](C(=O)O)[C@@H](O[C@@H]2O[C@H](C(=O)O)[C@@H](O)[C@H](NC(C)=O)[C@@H]2NC(C)=O)[C@@H]1NC(C)=O. The first-order valence-corrected chi connectivity index (χ1v) is 15.4. The van der Waals surface area contributed by atoms with Crippen molar-refractivity contribution in [1.82, 2.24) is 26.6 Å². The molecule has 0 aliphatic carbocycles. The van der Waals surface area contributed by atoms with Gasteiger partial charge in [-0.25, -0.2) is 9.59 Å². The van der Waals surface area contributed by atoms with Gasteiger partial charge in [-0.3, -0.25) is 24.0 Å². The Morgan fingerprint density at radius 1 is 0.500 bits per heavy atom. The fourth-order valence-electron chi connectivity index (χ4n) is 6.03. The standard InChI is InChI=1S/C28H43N5O17/c1-7-18(39)20(17(26(45)46-7)33-12(6)38)47-28-16(32-11(5)37)14(30-9(3)35)21(23(50-28)25(43)44)48-27-15(31-10(4)36)13(29-8(2)34)19(40)22(49-27)24(41)42/h7,13-23,26-28,39-40,45H,1-6H3,(H,29,34)(H,30,35)(H,31,36)(H,32,37)(H,33,38)(H,41,42)(H,43,44)/t7-,13-,14-,15+,16+,17-,18+,19+,20-,21+,22+,23-,26?,27-,28-/m1/s1. The van der Waals surface area contributed by atoms with Gasteiger partial charge in [0.1, 0.15) is 42.5 Å². The van der Waals surface area contributed by atoms with Crippen molar-refractivity contribution in [2.45, 2.75) is 133 Å². The summed E-state index contributed by atoms with van der Waals surface area (Å²) < 4.78 is 28.5. The molecule has 22 heteroatoms. The van der Waals surface area contributed by atoms with Gasteiger partial charge in [0.2, 0.25) is 29.5 Å². The molecule has 22 nitrogen and oxygen atoms in total. The fraction of sp³-hybridized carbons (Fsp3) is 0.750. The number of aliphatic hydroxyl groups excluding tert-OH is 3. The first-order chi connectivity index (χ1) is 23.2. The molecular formula is C28H43N5O17. The van der Waals surface area contributed by atoms with E-state index in [-0.39, 0.29) is 0 Å². The molecule has 3 saturated heterocycles. The molecule has 3 aliphatic rings. The second kappa shape index (κ2) is 16.8. The molecule has 3 rings (SSSR count). The Kier molecular flexibility index (Phi) is 13.6. The van der Waals surface area contributed by atoms with Crippen LogP contribution in [0.1, 0.15) is 41.5 Å². The van der Waals surface area contributed by atoms with Gasteiger partial charge in [-0.15, -0.1) is 0 Å². The molecule has 5 amide bonds. The van der Waals surface area contributed by atoms with Crippen molar-refractivity contribution in [1.29, 1.82) is 0 Å². The highest BCUT2D eigenvalue weighted by Gasteiger charge is 2.57. The first kappa shape index (κ1) is 40.4. The van der Waals surface area contributed by atoms with Crippen LogP contribution in [0.15, 0.2) is 0 Å². The highest BCUT2D eigenvalue weighted by molar-refractivity contribution is 5.78. The van der Waals surface area contributed by atoms with Gasteiger partial charge in [0.25, 0.3) is 0 Å². The number of amides is 5. The summed E-state index contributed by atoms with van der Waals surface area (Å²) in [6, 6.07) is -7.80. The van der Waals surface area contributed by atoms with Gasteiger partial charge in [0.05, 0.1) is 18.2 Å². The average Bonchev–Trinajstić information content (AvgIpc) is 2.97. The van der Waals surface area contributed by atoms with E-state index < -0.39 is 133 Å². The Hall–Kier alpha value is -4.03. The zero-order chi connectivity index (χ0) is 37.8. The summed E-state index contributed by atoms with van der Waals surface area (Å²) in [5.41, 5.74) is 0. The molecule has 0 saturated carbocycles. The van der Waals surface area contributed by atoms with Gasteiger partial charge in [-0.05, 0) is 6.92 Å². The number of nitrogens with one attached hydrogen (secondary N) is 5. The maximum absolute atomic E-state index is 12.7. The third-order valence-corrected chi connectivity index (χ3v) is 8.00. The van der Waals surface area contributed by atoms with E-state index >= 15 is 0 Å². The van der Waals surface area contributed by atoms with Crippen molar-refractivity contribution in [3.05, 3.63) is 0 Å². The molecule has 3 aliphatic heterocycles. The van der Waals surface area contributed by atoms with Crippen LogP contribution in [0.3, 0.4) is 0 Å².